The van der Waals surface area contributed by atoms with E-state index < -0.39 is 0 Å². The molecule has 2 heteroatoms. The number of aryl methyl sites for hydroxylation is 1. The zero-order valence-electron chi connectivity index (χ0n) is 11.9. The molecule has 0 radical (unpaired) electrons. The highest BCUT2D eigenvalue weighted by atomic mass is 16.5. The van der Waals surface area contributed by atoms with Crippen molar-refractivity contribution in [2.75, 3.05) is 6.61 Å². The summed E-state index contributed by atoms with van der Waals surface area (Å²) < 4.78 is 5.54. The molecule has 0 bridgehead atoms. The van der Waals surface area contributed by atoms with Crippen LogP contribution in [0.2, 0.25) is 0 Å². The second kappa shape index (κ2) is 5.68. The summed E-state index contributed by atoms with van der Waals surface area (Å²) in [5.41, 5.74) is 11.5. The van der Waals surface area contributed by atoms with Gasteiger partial charge < -0.3 is 10.5 Å². The molecular formula is C18H21NO. The normalized spacial score (nSPS) is 14.7. The second-order valence-corrected chi connectivity index (χ2v) is 5.45. The maximum Gasteiger partial charge on any atom is 0.122 e. The quantitative estimate of drug-likeness (QED) is 0.921. The van der Waals surface area contributed by atoms with E-state index >= 15 is 0 Å². The first-order valence-corrected chi connectivity index (χ1v) is 7.35. The van der Waals surface area contributed by atoms with E-state index in [4.69, 9.17) is 10.5 Å². The standard InChI is InChI=1S/C18H21NO/c1-2-13-3-5-14(6-4-13)11-17(19)15-7-8-18-16(12-15)9-10-20-18/h3-8,12,17H,2,9-11,19H2,1H3. The minimum atomic E-state index is 0.0494. The fourth-order valence-electron chi connectivity index (χ4n) is 2.72. The molecule has 0 aromatic heterocycles. The summed E-state index contributed by atoms with van der Waals surface area (Å²) in [6, 6.07) is 15.2. The maximum atomic E-state index is 6.35. The second-order valence-electron chi connectivity index (χ2n) is 5.45. The van der Waals surface area contributed by atoms with Gasteiger partial charge in [-0.1, -0.05) is 43.3 Å². The van der Waals surface area contributed by atoms with Crippen LogP contribution >= 0.6 is 0 Å². The molecule has 0 spiro atoms. The molecule has 0 saturated heterocycles. The third kappa shape index (κ3) is 2.70. The summed E-state index contributed by atoms with van der Waals surface area (Å²) in [5, 5.41) is 0. The predicted octanol–water partition coefficient (Wildman–Crippen LogP) is 3.43. The molecule has 0 aliphatic carbocycles. The Morgan fingerprint density at radius 3 is 2.60 bits per heavy atom. The Morgan fingerprint density at radius 1 is 1.10 bits per heavy atom. The van der Waals surface area contributed by atoms with Gasteiger partial charge in [0.05, 0.1) is 6.61 Å². The Labute approximate surface area is 120 Å². The third-order valence-electron chi connectivity index (χ3n) is 4.03. The molecule has 2 N–H and O–H groups in total. The van der Waals surface area contributed by atoms with E-state index in [0.717, 1.165) is 31.6 Å². The van der Waals surface area contributed by atoms with Crippen molar-refractivity contribution in [2.24, 2.45) is 5.73 Å². The number of ether oxygens (including phenoxy) is 1. The van der Waals surface area contributed by atoms with Crippen LogP contribution in [0.5, 0.6) is 5.75 Å². The molecule has 2 aromatic carbocycles. The molecule has 1 atom stereocenters. The average molecular weight is 267 g/mol. The van der Waals surface area contributed by atoms with Crippen LogP contribution in [-0.4, -0.2) is 6.61 Å². The summed E-state index contributed by atoms with van der Waals surface area (Å²) in [5.74, 6) is 1.02. The molecule has 20 heavy (non-hydrogen) atoms. The smallest absolute Gasteiger partial charge is 0.122 e. The van der Waals surface area contributed by atoms with Crippen molar-refractivity contribution in [2.45, 2.75) is 32.2 Å². The lowest BCUT2D eigenvalue weighted by Gasteiger charge is -2.13. The lowest BCUT2D eigenvalue weighted by molar-refractivity contribution is 0.357. The number of nitrogens with two attached hydrogens (primary N) is 1. The minimum Gasteiger partial charge on any atom is -0.493 e. The van der Waals surface area contributed by atoms with E-state index in [1.165, 1.54) is 22.3 Å². The van der Waals surface area contributed by atoms with E-state index in [1.807, 2.05) is 0 Å². The van der Waals surface area contributed by atoms with Gasteiger partial charge in [0.1, 0.15) is 5.75 Å². The van der Waals surface area contributed by atoms with Crippen LogP contribution in [0.15, 0.2) is 42.5 Å². The highest BCUT2D eigenvalue weighted by Crippen LogP contribution is 2.28. The van der Waals surface area contributed by atoms with Crippen LogP contribution in [0.1, 0.15) is 35.2 Å². The van der Waals surface area contributed by atoms with E-state index in [9.17, 15) is 0 Å². The predicted molar refractivity (Wildman–Crippen MR) is 82.1 cm³/mol. The van der Waals surface area contributed by atoms with Gasteiger partial charge in [0.25, 0.3) is 0 Å². The van der Waals surface area contributed by atoms with Crippen LogP contribution in [0.25, 0.3) is 0 Å². The topological polar surface area (TPSA) is 35.2 Å². The fraction of sp³-hybridized carbons (Fsp3) is 0.333. The Balaban J connectivity index is 1.73. The number of hydrogen-bond acceptors (Lipinski definition) is 2. The van der Waals surface area contributed by atoms with Gasteiger partial charge in [-0.2, -0.15) is 0 Å². The van der Waals surface area contributed by atoms with Crippen molar-refractivity contribution in [3.8, 4) is 5.75 Å². The van der Waals surface area contributed by atoms with Gasteiger partial charge in [-0.25, -0.2) is 0 Å². The molecule has 0 saturated carbocycles. The van der Waals surface area contributed by atoms with Crippen molar-refractivity contribution in [3.63, 3.8) is 0 Å². The van der Waals surface area contributed by atoms with Crippen LogP contribution in [0, 0.1) is 0 Å². The van der Waals surface area contributed by atoms with Gasteiger partial charge in [-0.3, -0.25) is 0 Å². The molecule has 104 valence electrons. The van der Waals surface area contributed by atoms with Crippen molar-refractivity contribution in [1.29, 1.82) is 0 Å². The van der Waals surface area contributed by atoms with Gasteiger partial charge >= 0.3 is 0 Å². The molecule has 0 fully saturated rings. The molecular weight excluding hydrogens is 246 g/mol. The Hall–Kier alpha value is -1.80. The molecule has 1 aliphatic heterocycles. The highest BCUT2D eigenvalue weighted by molar-refractivity contribution is 5.41. The number of fused-ring (bicyclic) bond motifs is 1. The first-order valence-electron chi connectivity index (χ1n) is 7.35. The zero-order valence-corrected chi connectivity index (χ0v) is 11.9. The third-order valence-corrected chi connectivity index (χ3v) is 4.03. The van der Waals surface area contributed by atoms with Crippen LogP contribution < -0.4 is 10.5 Å². The zero-order chi connectivity index (χ0) is 13.9. The van der Waals surface area contributed by atoms with Crippen LogP contribution in [0.4, 0.5) is 0 Å². The van der Waals surface area contributed by atoms with E-state index in [0.29, 0.717) is 0 Å². The molecule has 0 amide bonds. The van der Waals surface area contributed by atoms with E-state index in [2.05, 4.69) is 49.4 Å². The largest absolute Gasteiger partial charge is 0.493 e. The maximum absolute atomic E-state index is 6.35. The SMILES string of the molecule is CCc1ccc(CC(N)c2ccc3c(c2)CCO3)cc1. The lowest BCUT2D eigenvalue weighted by Crippen LogP contribution is -2.13. The summed E-state index contributed by atoms with van der Waals surface area (Å²) in [4.78, 5) is 0. The van der Waals surface area contributed by atoms with Gasteiger partial charge in [0.2, 0.25) is 0 Å². The van der Waals surface area contributed by atoms with Crippen molar-refractivity contribution < 1.29 is 4.74 Å². The number of rotatable bonds is 4. The summed E-state index contributed by atoms with van der Waals surface area (Å²) >= 11 is 0. The monoisotopic (exact) mass is 267 g/mol. The Bertz CT molecular complexity index is 589. The van der Waals surface area contributed by atoms with E-state index in [-0.39, 0.29) is 6.04 Å². The number of benzene rings is 2. The first-order chi connectivity index (χ1) is 9.76. The average Bonchev–Trinajstić information content (AvgIpc) is 2.95. The van der Waals surface area contributed by atoms with Crippen molar-refractivity contribution >= 4 is 0 Å². The van der Waals surface area contributed by atoms with Gasteiger partial charge in [0, 0.05) is 12.5 Å². The molecule has 1 heterocycles. The molecule has 2 nitrogen and oxygen atoms in total. The molecule has 1 unspecified atom stereocenters. The van der Waals surface area contributed by atoms with Crippen LogP contribution in [0.3, 0.4) is 0 Å². The fourth-order valence-corrected chi connectivity index (χ4v) is 2.72. The summed E-state index contributed by atoms with van der Waals surface area (Å²) in [6.07, 6.45) is 2.96. The molecule has 2 aromatic rings. The summed E-state index contributed by atoms with van der Waals surface area (Å²) in [7, 11) is 0. The first kappa shape index (κ1) is 13.2. The van der Waals surface area contributed by atoms with Crippen molar-refractivity contribution in [1.82, 2.24) is 0 Å². The highest BCUT2D eigenvalue weighted by Gasteiger charge is 2.15. The van der Waals surface area contributed by atoms with Gasteiger partial charge in [-0.15, -0.1) is 0 Å². The summed E-state index contributed by atoms with van der Waals surface area (Å²) in [6.45, 7) is 2.97. The Morgan fingerprint density at radius 2 is 1.85 bits per heavy atom. The van der Waals surface area contributed by atoms with Gasteiger partial charge in [0.15, 0.2) is 0 Å². The molecule has 1 aliphatic rings. The van der Waals surface area contributed by atoms with E-state index in [1.54, 1.807) is 0 Å². The number of hydrogen-bond donors (Lipinski definition) is 1. The lowest BCUT2D eigenvalue weighted by atomic mass is 9.97. The minimum absolute atomic E-state index is 0.0494. The van der Waals surface area contributed by atoms with Crippen molar-refractivity contribution in [3.05, 3.63) is 64.7 Å². The Kier molecular flexibility index (Phi) is 3.75. The molecule has 3 rings (SSSR count). The van der Waals surface area contributed by atoms with Gasteiger partial charge in [-0.05, 0) is 41.2 Å². The van der Waals surface area contributed by atoms with Crippen LogP contribution in [-0.2, 0) is 19.3 Å².